The number of hydrogen-bond acceptors (Lipinski definition) is 3. The monoisotopic (exact) mass is 625 g/mol. The standard InChI is InChI=1S/C23H16BrClF7N5O/c1-35-17(21(26,22(27,28)29)23(30,31)32)8-15(24)18(35)37-10-13(9-34-37)12-3-4-16(25)14(7-12)19(38)36(2)20(11-33)5-6-20/h3-4,7-10H,5-6H2,1-2H3. The minimum absolute atomic E-state index is 0.0841. The van der Waals surface area contributed by atoms with E-state index in [4.69, 9.17) is 11.6 Å². The normalized spacial score (nSPS) is 15.3. The van der Waals surface area contributed by atoms with Crippen molar-refractivity contribution in [3.05, 3.63) is 57.4 Å². The van der Waals surface area contributed by atoms with Gasteiger partial charge in [0.25, 0.3) is 5.91 Å². The molecule has 38 heavy (non-hydrogen) atoms. The third kappa shape index (κ3) is 4.25. The van der Waals surface area contributed by atoms with Crippen LogP contribution in [-0.4, -0.2) is 50.1 Å². The smallest absolute Gasteiger partial charge is 0.329 e. The van der Waals surface area contributed by atoms with Crippen LogP contribution in [0.1, 0.15) is 28.9 Å². The largest absolute Gasteiger partial charge is 0.437 e. The van der Waals surface area contributed by atoms with E-state index in [1.54, 1.807) is 0 Å². The van der Waals surface area contributed by atoms with Crippen LogP contribution >= 0.6 is 27.5 Å². The van der Waals surface area contributed by atoms with Gasteiger partial charge >= 0.3 is 18.0 Å². The molecule has 2 heterocycles. The van der Waals surface area contributed by atoms with Gasteiger partial charge in [-0.05, 0) is 52.5 Å². The van der Waals surface area contributed by atoms with Gasteiger partial charge in [-0.1, -0.05) is 17.7 Å². The average Bonchev–Trinajstić information content (AvgIpc) is 3.39. The second-order valence-electron chi connectivity index (χ2n) is 8.79. The Hall–Kier alpha value is -3.05. The molecule has 0 aliphatic heterocycles. The van der Waals surface area contributed by atoms with E-state index in [0.717, 1.165) is 11.7 Å². The lowest BCUT2D eigenvalue weighted by Gasteiger charge is -2.30. The molecule has 0 saturated heterocycles. The SMILES string of the molecule is CN(C(=O)c1cc(-c2cnn(-c3c(Br)cc(C(F)(C(F)(F)F)C(F)(F)F)n3C)c2)ccc1Cl)C1(C#N)CC1. The Morgan fingerprint density at radius 2 is 1.74 bits per heavy atom. The Morgan fingerprint density at radius 3 is 2.26 bits per heavy atom. The molecule has 202 valence electrons. The van der Waals surface area contributed by atoms with Gasteiger partial charge in [-0.2, -0.15) is 36.7 Å². The van der Waals surface area contributed by atoms with E-state index in [-0.39, 0.29) is 20.9 Å². The molecule has 6 nitrogen and oxygen atoms in total. The predicted molar refractivity (Wildman–Crippen MR) is 125 cm³/mol. The zero-order valence-electron chi connectivity index (χ0n) is 19.4. The molecule has 2 aromatic heterocycles. The number of halogens is 9. The van der Waals surface area contributed by atoms with Crippen molar-refractivity contribution in [2.45, 2.75) is 36.4 Å². The van der Waals surface area contributed by atoms with E-state index in [2.05, 4.69) is 27.1 Å². The number of rotatable bonds is 5. The summed E-state index contributed by atoms with van der Waals surface area (Å²) in [7, 11) is 2.33. The van der Waals surface area contributed by atoms with Crippen molar-refractivity contribution in [2.75, 3.05) is 7.05 Å². The number of carbonyl (C=O) groups excluding carboxylic acids is 1. The molecular formula is C23H16BrClF7N5O. The maximum absolute atomic E-state index is 14.7. The highest BCUT2D eigenvalue weighted by molar-refractivity contribution is 9.10. The van der Waals surface area contributed by atoms with Crippen molar-refractivity contribution >= 4 is 33.4 Å². The summed E-state index contributed by atoms with van der Waals surface area (Å²) in [5.41, 5.74) is -7.42. The van der Waals surface area contributed by atoms with E-state index in [0.29, 0.717) is 34.6 Å². The fraction of sp³-hybridized carbons (Fsp3) is 0.348. The third-order valence-electron chi connectivity index (χ3n) is 6.50. The fourth-order valence-electron chi connectivity index (χ4n) is 4.07. The van der Waals surface area contributed by atoms with Crippen molar-refractivity contribution in [1.82, 2.24) is 19.2 Å². The number of carbonyl (C=O) groups is 1. The summed E-state index contributed by atoms with van der Waals surface area (Å²) in [6.07, 6.45) is -8.99. The predicted octanol–water partition coefficient (Wildman–Crippen LogP) is 6.71. The summed E-state index contributed by atoms with van der Waals surface area (Å²) >= 11 is 9.12. The first-order valence-corrected chi connectivity index (χ1v) is 11.9. The minimum atomic E-state index is -6.28. The quantitative estimate of drug-likeness (QED) is 0.296. The maximum atomic E-state index is 14.7. The highest BCUT2D eigenvalue weighted by Crippen LogP contribution is 2.54. The van der Waals surface area contributed by atoms with Gasteiger partial charge in [0.15, 0.2) is 0 Å². The number of nitriles is 1. The summed E-state index contributed by atoms with van der Waals surface area (Å²) in [4.78, 5) is 14.3. The zero-order chi connectivity index (χ0) is 28.4. The summed E-state index contributed by atoms with van der Waals surface area (Å²) < 4.78 is 95.8. The Balaban J connectivity index is 1.74. The first kappa shape index (κ1) is 28.0. The molecule has 1 aliphatic carbocycles. The molecule has 4 rings (SSSR count). The van der Waals surface area contributed by atoms with E-state index in [1.807, 2.05) is 0 Å². The van der Waals surface area contributed by atoms with Gasteiger partial charge in [0.05, 0.1) is 33.0 Å². The Bertz CT molecular complexity index is 1450. The number of aromatic nitrogens is 3. The molecular weight excluding hydrogens is 611 g/mol. The lowest BCUT2D eigenvalue weighted by molar-refractivity contribution is -0.350. The summed E-state index contributed by atoms with van der Waals surface area (Å²) in [5.74, 6) is -0.812. The summed E-state index contributed by atoms with van der Waals surface area (Å²) in [6.45, 7) is 0. The van der Waals surface area contributed by atoms with Gasteiger partial charge in [0.2, 0.25) is 0 Å². The van der Waals surface area contributed by atoms with Crippen LogP contribution in [0.15, 0.2) is 41.1 Å². The topological polar surface area (TPSA) is 66.8 Å². The molecule has 1 aromatic carbocycles. The molecule has 15 heteroatoms. The second-order valence-corrected chi connectivity index (χ2v) is 10.1. The second kappa shape index (κ2) is 9.01. The lowest BCUT2D eigenvalue weighted by Crippen LogP contribution is -2.51. The van der Waals surface area contributed by atoms with Crippen molar-refractivity contribution < 1.29 is 35.5 Å². The van der Waals surface area contributed by atoms with Crippen molar-refractivity contribution in [3.63, 3.8) is 0 Å². The van der Waals surface area contributed by atoms with Crippen LogP contribution in [0.2, 0.25) is 5.02 Å². The molecule has 0 atom stereocenters. The van der Waals surface area contributed by atoms with Gasteiger partial charge < -0.3 is 9.47 Å². The van der Waals surface area contributed by atoms with Crippen molar-refractivity contribution in [3.8, 4) is 23.0 Å². The van der Waals surface area contributed by atoms with Crippen LogP contribution < -0.4 is 0 Å². The molecule has 3 aromatic rings. The molecule has 1 aliphatic rings. The molecule has 0 unspecified atom stereocenters. The molecule has 0 radical (unpaired) electrons. The first-order chi connectivity index (χ1) is 17.5. The van der Waals surface area contributed by atoms with Crippen molar-refractivity contribution in [2.24, 2.45) is 7.05 Å². The summed E-state index contributed by atoms with van der Waals surface area (Å²) in [6, 6.07) is 6.90. The maximum Gasteiger partial charge on any atom is 0.437 e. The van der Waals surface area contributed by atoms with Gasteiger partial charge in [-0.15, -0.1) is 0 Å². The number of nitrogens with zero attached hydrogens (tertiary/aromatic N) is 5. The van der Waals surface area contributed by atoms with Crippen LogP contribution in [0.4, 0.5) is 30.7 Å². The lowest BCUT2D eigenvalue weighted by atomic mass is 10.0. The number of benzene rings is 1. The summed E-state index contributed by atoms with van der Waals surface area (Å²) in [5, 5.41) is 13.5. The van der Waals surface area contributed by atoms with E-state index < -0.39 is 35.2 Å². The molecule has 1 fully saturated rings. The average molecular weight is 627 g/mol. The minimum Gasteiger partial charge on any atom is -0.329 e. The van der Waals surface area contributed by atoms with E-state index in [1.165, 1.54) is 42.5 Å². The number of amides is 1. The van der Waals surface area contributed by atoms with Crippen molar-refractivity contribution in [1.29, 1.82) is 5.26 Å². The van der Waals surface area contributed by atoms with Crippen LogP contribution in [0, 0.1) is 11.3 Å². The van der Waals surface area contributed by atoms with Crippen LogP contribution in [-0.2, 0) is 12.7 Å². The van der Waals surface area contributed by atoms with Crippen LogP contribution in [0.5, 0.6) is 0 Å². The molecule has 0 bridgehead atoms. The van der Waals surface area contributed by atoms with E-state index in [9.17, 15) is 40.8 Å². The van der Waals surface area contributed by atoms with Gasteiger partial charge in [0, 0.05) is 25.9 Å². The number of hydrogen-bond donors (Lipinski definition) is 0. The third-order valence-corrected chi connectivity index (χ3v) is 7.41. The Morgan fingerprint density at radius 1 is 1.13 bits per heavy atom. The zero-order valence-corrected chi connectivity index (χ0v) is 21.8. The van der Waals surface area contributed by atoms with Crippen LogP contribution in [0.3, 0.4) is 0 Å². The first-order valence-electron chi connectivity index (χ1n) is 10.7. The van der Waals surface area contributed by atoms with E-state index >= 15 is 0 Å². The Labute approximate surface area is 224 Å². The van der Waals surface area contributed by atoms with Gasteiger partial charge in [-0.3, -0.25) is 4.79 Å². The highest BCUT2D eigenvalue weighted by Gasteiger charge is 2.75. The molecule has 0 N–H and O–H groups in total. The highest BCUT2D eigenvalue weighted by atomic mass is 79.9. The fourth-order valence-corrected chi connectivity index (χ4v) is 4.94. The molecule has 1 amide bonds. The molecule has 0 spiro atoms. The Kier molecular flexibility index (Phi) is 6.63. The number of alkyl halides is 7. The van der Waals surface area contributed by atoms with Gasteiger partial charge in [0.1, 0.15) is 11.4 Å². The van der Waals surface area contributed by atoms with Crippen LogP contribution in [0.25, 0.3) is 16.9 Å². The van der Waals surface area contributed by atoms with Gasteiger partial charge in [-0.25, -0.2) is 9.07 Å². The molecule has 1 saturated carbocycles.